The van der Waals surface area contributed by atoms with Crippen LogP contribution in [0.15, 0.2) is 29.4 Å². The number of hydrogen-bond acceptors (Lipinski definition) is 5. The van der Waals surface area contributed by atoms with Crippen LogP contribution in [0.3, 0.4) is 0 Å². The molecule has 2 aliphatic heterocycles. The van der Waals surface area contributed by atoms with Gasteiger partial charge in [-0.1, -0.05) is 13.3 Å². The lowest BCUT2D eigenvalue weighted by Gasteiger charge is -2.50. The predicted molar refractivity (Wildman–Crippen MR) is 111 cm³/mol. The van der Waals surface area contributed by atoms with Crippen LogP contribution < -0.4 is 4.90 Å². The van der Waals surface area contributed by atoms with Gasteiger partial charge in [0.2, 0.25) is 0 Å². The molecule has 0 spiro atoms. The minimum absolute atomic E-state index is 0.407. The van der Waals surface area contributed by atoms with Crippen LogP contribution in [0, 0.1) is 0 Å². The van der Waals surface area contributed by atoms with Crippen molar-refractivity contribution in [1.29, 1.82) is 0 Å². The zero-order chi connectivity index (χ0) is 18.0. The number of thioether (sulfide) groups is 1. The average Bonchev–Trinajstić information content (AvgIpc) is 2.73. The topological polar surface area (TPSA) is 32.3 Å². The minimum atomic E-state index is 0.407. The summed E-state index contributed by atoms with van der Waals surface area (Å²) < 4.78 is 0. The van der Waals surface area contributed by atoms with Gasteiger partial charge in [-0.25, -0.2) is 9.97 Å². The number of rotatable bonds is 4. The van der Waals surface area contributed by atoms with Gasteiger partial charge in [0.1, 0.15) is 12.1 Å². The standard InChI is InChI=1S/C21H30N4S/c1-3-21(25-11-5-4-6-12-25)9-13-24(14-10-21)20-18-15-17(26-2)7-8-19(18)22-16-23-20/h7-8,15-16H,3-6,9-14H2,1-2H3. The minimum Gasteiger partial charge on any atom is -0.356 e. The molecule has 1 aromatic heterocycles. The molecule has 2 aromatic rings. The lowest BCUT2D eigenvalue weighted by atomic mass is 9.82. The third-order valence-electron chi connectivity index (χ3n) is 6.50. The number of nitrogens with zero attached hydrogens (tertiary/aromatic N) is 4. The summed E-state index contributed by atoms with van der Waals surface area (Å²) in [6.45, 7) is 7.16. The summed E-state index contributed by atoms with van der Waals surface area (Å²) in [6, 6.07) is 6.53. The van der Waals surface area contributed by atoms with Crippen molar-refractivity contribution in [3.05, 3.63) is 24.5 Å². The smallest absolute Gasteiger partial charge is 0.139 e. The molecular weight excluding hydrogens is 340 g/mol. The lowest BCUT2D eigenvalue weighted by Crippen LogP contribution is -2.56. The predicted octanol–water partition coefficient (Wildman–Crippen LogP) is 4.59. The molecular formula is C21H30N4S. The Labute approximate surface area is 161 Å². The highest BCUT2D eigenvalue weighted by molar-refractivity contribution is 7.98. The Morgan fingerprint density at radius 2 is 1.81 bits per heavy atom. The first kappa shape index (κ1) is 18.1. The first-order chi connectivity index (χ1) is 12.8. The molecule has 3 heterocycles. The maximum Gasteiger partial charge on any atom is 0.139 e. The van der Waals surface area contributed by atoms with Crippen LogP contribution in [0.25, 0.3) is 10.9 Å². The third-order valence-corrected chi connectivity index (χ3v) is 7.23. The van der Waals surface area contributed by atoms with E-state index in [0.29, 0.717) is 5.54 Å². The van der Waals surface area contributed by atoms with E-state index in [1.807, 2.05) is 0 Å². The third kappa shape index (κ3) is 3.31. The van der Waals surface area contributed by atoms with Crippen LogP contribution in [0.5, 0.6) is 0 Å². The van der Waals surface area contributed by atoms with E-state index in [0.717, 1.165) is 24.4 Å². The van der Waals surface area contributed by atoms with Gasteiger partial charge in [0.25, 0.3) is 0 Å². The first-order valence-electron chi connectivity index (χ1n) is 10.0. The fourth-order valence-electron chi connectivity index (χ4n) is 4.80. The maximum atomic E-state index is 4.68. The Balaban J connectivity index is 1.57. The summed E-state index contributed by atoms with van der Waals surface area (Å²) in [5.41, 5.74) is 1.46. The SMILES string of the molecule is CCC1(N2CCCCC2)CCN(c2ncnc3ccc(SC)cc23)CC1. The van der Waals surface area contributed by atoms with Crippen molar-refractivity contribution >= 4 is 28.5 Å². The van der Waals surface area contributed by atoms with Crippen molar-refractivity contribution in [1.82, 2.24) is 14.9 Å². The Hall–Kier alpha value is -1.33. The summed E-state index contributed by atoms with van der Waals surface area (Å²) in [7, 11) is 0. The molecule has 1 aromatic carbocycles. The van der Waals surface area contributed by atoms with Gasteiger partial charge in [-0.2, -0.15) is 0 Å². The molecule has 0 saturated carbocycles. The summed E-state index contributed by atoms with van der Waals surface area (Å²) >= 11 is 1.78. The Kier molecular flexibility index (Phi) is 5.37. The maximum absolute atomic E-state index is 4.68. The number of likely N-dealkylation sites (tertiary alicyclic amines) is 1. The number of benzene rings is 1. The molecule has 2 aliphatic rings. The van der Waals surface area contributed by atoms with Crippen molar-refractivity contribution in [2.24, 2.45) is 0 Å². The van der Waals surface area contributed by atoms with Crippen LogP contribution in [0.2, 0.25) is 0 Å². The van der Waals surface area contributed by atoms with E-state index < -0.39 is 0 Å². The van der Waals surface area contributed by atoms with E-state index in [-0.39, 0.29) is 0 Å². The van der Waals surface area contributed by atoms with E-state index in [2.05, 4.69) is 51.1 Å². The van der Waals surface area contributed by atoms with Crippen molar-refractivity contribution in [3.8, 4) is 0 Å². The Bertz CT molecular complexity index is 749. The molecule has 0 atom stereocenters. The van der Waals surface area contributed by atoms with Crippen LogP contribution >= 0.6 is 11.8 Å². The highest BCUT2D eigenvalue weighted by atomic mass is 32.2. The van der Waals surface area contributed by atoms with E-state index >= 15 is 0 Å². The molecule has 26 heavy (non-hydrogen) atoms. The fraction of sp³-hybridized carbons (Fsp3) is 0.619. The number of fused-ring (bicyclic) bond motifs is 1. The molecule has 0 unspecified atom stereocenters. The molecule has 5 heteroatoms. The Morgan fingerprint density at radius 3 is 2.50 bits per heavy atom. The molecule has 0 radical (unpaired) electrons. The first-order valence-corrected chi connectivity index (χ1v) is 11.3. The Morgan fingerprint density at radius 1 is 1.04 bits per heavy atom. The highest BCUT2D eigenvalue weighted by Gasteiger charge is 2.39. The molecule has 4 nitrogen and oxygen atoms in total. The van der Waals surface area contributed by atoms with Gasteiger partial charge < -0.3 is 4.90 Å². The van der Waals surface area contributed by atoms with Crippen molar-refractivity contribution in [2.75, 3.05) is 37.3 Å². The van der Waals surface area contributed by atoms with Crippen molar-refractivity contribution < 1.29 is 0 Å². The van der Waals surface area contributed by atoms with Gasteiger partial charge in [-0.15, -0.1) is 11.8 Å². The fourth-order valence-corrected chi connectivity index (χ4v) is 5.24. The molecule has 2 fully saturated rings. The molecule has 0 N–H and O–H groups in total. The number of aromatic nitrogens is 2. The molecule has 140 valence electrons. The highest BCUT2D eigenvalue weighted by Crippen LogP contribution is 2.37. The quantitative estimate of drug-likeness (QED) is 0.735. The van der Waals surface area contributed by atoms with Crippen LogP contribution in [0.4, 0.5) is 5.82 Å². The summed E-state index contributed by atoms with van der Waals surface area (Å²) in [4.78, 5) is 15.7. The van der Waals surface area contributed by atoms with Gasteiger partial charge in [-0.05, 0) is 69.6 Å². The average molecular weight is 371 g/mol. The van der Waals surface area contributed by atoms with Crippen molar-refractivity contribution in [3.63, 3.8) is 0 Å². The molecule has 0 aliphatic carbocycles. The van der Waals surface area contributed by atoms with Gasteiger partial charge >= 0.3 is 0 Å². The molecule has 0 amide bonds. The molecule has 2 saturated heterocycles. The van der Waals surface area contributed by atoms with Crippen molar-refractivity contribution in [2.45, 2.75) is 55.9 Å². The van der Waals surface area contributed by atoms with Gasteiger partial charge in [0.15, 0.2) is 0 Å². The summed E-state index contributed by atoms with van der Waals surface area (Å²) in [5.74, 6) is 1.12. The second-order valence-electron chi connectivity index (χ2n) is 7.69. The molecule has 0 bridgehead atoms. The number of piperidine rings is 2. The number of hydrogen-bond donors (Lipinski definition) is 0. The van der Waals surface area contributed by atoms with E-state index in [9.17, 15) is 0 Å². The second-order valence-corrected chi connectivity index (χ2v) is 8.57. The number of anilines is 1. The monoisotopic (exact) mass is 370 g/mol. The second kappa shape index (κ2) is 7.73. The van der Waals surface area contributed by atoms with Gasteiger partial charge in [-0.3, -0.25) is 4.90 Å². The van der Waals surface area contributed by atoms with E-state index in [1.165, 1.54) is 61.9 Å². The van der Waals surface area contributed by atoms with Gasteiger partial charge in [0.05, 0.1) is 5.52 Å². The van der Waals surface area contributed by atoms with Crippen LogP contribution in [0.1, 0.15) is 45.4 Å². The molecule has 4 rings (SSSR count). The van der Waals surface area contributed by atoms with E-state index in [1.54, 1.807) is 18.1 Å². The zero-order valence-corrected chi connectivity index (χ0v) is 16.9. The zero-order valence-electron chi connectivity index (χ0n) is 16.1. The lowest BCUT2D eigenvalue weighted by molar-refractivity contribution is 0.0407. The summed E-state index contributed by atoms with van der Waals surface area (Å²) in [6.07, 6.45) is 11.8. The van der Waals surface area contributed by atoms with E-state index in [4.69, 9.17) is 0 Å². The van der Waals surface area contributed by atoms with Gasteiger partial charge in [0, 0.05) is 28.9 Å². The largest absolute Gasteiger partial charge is 0.356 e. The summed E-state index contributed by atoms with van der Waals surface area (Å²) in [5, 5.41) is 1.20. The van der Waals surface area contributed by atoms with Crippen LogP contribution in [-0.2, 0) is 0 Å². The normalized spacial score (nSPS) is 21.2. The van der Waals surface area contributed by atoms with Crippen LogP contribution in [-0.4, -0.2) is 52.8 Å².